The summed E-state index contributed by atoms with van der Waals surface area (Å²) >= 11 is 0. The van der Waals surface area contributed by atoms with Gasteiger partial charge in [-0.3, -0.25) is 9.59 Å². The maximum atomic E-state index is 12.6. The Morgan fingerprint density at radius 1 is 1.38 bits per heavy atom. The van der Waals surface area contributed by atoms with Crippen LogP contribution in [0.2, 0.25) is 0 Å². The van der Waals surface area contributed by atoms with Crippen LogP contribution in [-0.4, -0.2) is 55.2 Å². The second-order valence-electron chi connectivity index (χ2n) is 6.00. The van der Waals surface area contributed by atoms with Crippen LogP contribution in [-0.2, 0) is 19.6 Å². The lowest BCUT2D eigenvalue weighted by atomic mass is 10.0. The fraction of sp³-hybridized carbons (Fsp3) is 0.846. The third-order valence-electron chi connectivity index (χ3n) is 3.43. The van der Waals surface area contributed by atoms with Crippen molar-refractivity contribution in [3.63, 3.8) is 0 Å². The molecule has 8 heteroatoms. The van der Waals surface area contributed by atoms with Gasteiger partial charge in [-0.2, -0.15) is 0 Å². The highest BCUT2D eigenvalue weighted by Gasteiger charge is 2.35. The van der Waals surface area contributed by atoms with Crippen molar-refractivity contribution in [1.82, 2.24) is 9.62 Å². The molecule has 0 bridgehead atoms. The third kappa shape index (κ3) is 6.01. The molecule has 1 amide bonds. The maximum absolute atomic E-state index is 12.6. The standard InChI is InChI=1S/C13H24N2O5S/c1-9(2)7-11(14-21(3,19)20)13(18)15-6-4-5-10(15)8-12(16)17/h9-11,14H,4-8H2,1-3H3,(H,16,17). The number of carbonyl (C=O) groups excluding carboxylic acids is 1. The summed E-state index contributed by atoms with van der Waals surface area (Å²) in [6.45, 7) is 4.29. The molecule has 0 saturated carbocycles. The summed E-state index contributed by atoms with van der Waals surface area (Å²) in [6.07, 6.45) is 2.70. The summed E-state index contributed by atoms with van der Waals surface area (Å²) in [7, 11) is -3.50. The molecule has 0 radical (unpaired) electrons. The first-order chi connectivity index (χ1) is 9.60. The zero-order valence-electron chi connectivity index (χ0n) is 12.7. The Hall–Kier alpha value is -1.15. The number of hydrogen-bond donors (Lipinski definition) is 2. The van der Waals surface area contributed by atoms with Crippen molar-refractivity contribution in [2.75, 3.05) is 12.8 Å². The van der Waals surface area contributed by atoms with Gasteiger partial charge >= 0.3 is 5.97 Å². The van der Waals surface area contributed by atoms with Crippen LogP contribution in [0.4, 0.5) is 0 Å². The Labute approximate surface area is 125 Å². The summed E-state index contributed by atoms with van der Waals surface area (Å²) in [5.41, 5.74) is 0. The molecule has 1 saturated heterocycles. The minimum atomic E-state index is -3.50. The third-order valence-corrected chi connectivity index (χ3v) is 4.14. The smallest absolute Gasteiger partial charge is 0.305 e. The van der Waals surface area contributed by atoms with E-state index >= 15 is 0 Å². The second kappa shape index (κ2) is 7.22. The van der Waals surface area contributed by atoms with E-state index in [1.165, 1.54) is 4.90 Å². The predicted molar refractivity (Wildman–Crippen MR) is 78.2 cm³/mol. The monoisotopic (exact) mass is 320 g/mol. The fourth-order valence-corrected chi connectivity index (χ4v) is 3.38. The molecular formula is C13H24N2O5S. The molecule has 21 heavy (non-hydrogen) atoms. The molecule has 1 aliphatic rings. The van der Waals surface area contributed by atoms with Crippen molar-refractivity contribution in [2.24, 2.45) is 5.92 Å². The number of hydrogen-bond acceptors (Lipinski definition) is 4. The summed E-state index contributed by atoms with van der Waals surface area (Å²) < 4.78 is 25.2. The molecule has 1 rings (SSSR count). The number of amides is 1. The van der Waals surface area contributed by atoms with Crippen LogP contribution in [0.25, 0.3) is 0 Å². The highest BCUT2D eigenvalue weighted by Crippen LogP contribution is 2.22. The van der Waals surface area contributed by atoms with Gasteiger partial charge in [-0.1, -0.05) is 13.8 Å². The van der Waals surface area contributed by atoms with Crippen LogP contribution in [0.15, 0.2) is 0 Å². The zero-order valence-corrected chi connectivity index (χ0v) is 13.5. The lowest BCUT2D eigenvalue weighted by Crippen LogP contribution is -2.50. The lowest BCUT2D eigenvalue weighted by Gasteiger charge is -2.29. The average molecular weight is 320 g/mol. The number of likely N-dealkylation sites (tertiary alicyclic amines) is 1. The van der Waals surface area contributed by atoms with Gasteiger partial charge in [-0.05, 0) is 25.2 Å². The molecule has 0 aromatic rings. The first kappa shape index (κ1) is 17.9. The van der Waals surface area contributed by atoms with Gasteiger partial charge in [0.25, 0.3) is 0 Å². The van der Waals surface area contributed by atoms with E-state index < -0.39 is 22.0 Å². The van der Waals surface area contributed by atoms with E-state index in [9.17, 15) is 18.0 Å². The van der Waals surface area contributed by atoms with Gasteiger partial charge in [0.15, 0.2) is 0 Å². The normalized spacial score (nSPS) is 20.8. The Morgan fingerprint density at radius 2 is 2.00 bits per heavy atom. The number of carbonyl (C=O) groups is 2. The van der Waals surface area contributed by atoms with Crippen LogP contribution in [0.5, 0.6) is 0 Å². The molecule has 1 heterocycles. The van der Waals surface area contributed by atoms with E-state index in [0.717, 1.165) is 12.7 Å². The summed E-state index contributed by atoms with van der Waals surface area (Å²) in [6, 6.07) is -1.17. The Balaban J connectivity index is 2.85. The Bertz CT molecular complexity index is 489. The first-order valence-electron chi connectivity index (χ1n) is 7.09. The molecule has 2 unspecified atom stereocenters. The number of aliphatic carboxylic acids is 1. The van der Waals surface area contributed by atoms with E-state index in [1.54, 1.807) is 0 Å². The van der Waals surface area contributed by atoms with Gasteiger partial charge in [0.2, 0.25) is 15.9 Å². The summed E-state index contributed by atoms with van der Waals surface area (Å²) in [5.74, 6) is -1.12. The molecule has 0 aliphatic carbocycles. The van der Waals surface area contributed by atoms with Crippen LogP contribution in [0.3, 0.4) is 0 Å². The Kier molecular flexibility index (Phi) is 6.15. The van der Waals surface area contributed by atoms with Gasteiger partial charge in [0.05, 0.1) is 12.7 Å². The van der Waals surface area contributed by atoms with Gasteiger partial charge in [-0.15, -0.1) is 0 Å². The maximum Gasteiger partial charge on any atom is 0.305 e. The van der Waals surface area contributed by atoms with E-state index in [0.29, 0.717) is 19.4 Å². The molecule has 0 aromatic heterocycles. The predicted octanol–water partition coefficient (Wildman–Crippen LogP) is 0.416. The highest BCUT2D eigenvalue weighted by molar-refractivity contribution is 7.88. The first-order valence-corrected chi connectivity index (χ1v) is 8.99. The molecule has 0 spiro atoms. The number of nitrogens with zero attached hydrogens (tertiary/aromatic N) is 1. The van der Waals surface area contributed by atoms with E-state index in [1.807, 2.05) is 13.8 Å². The van der Waals surface area contributed by atoms with Crippen LogP contribution in [0, 0.1) is 5.92 Å². The summed E-state index contributed by atoms with van der Waals surface area (Å²) in [5, 5.41) is 8.89. The van der Waals surface area contributed by atoms with Crippen molar-refractivity contribution in [2.45, 2.75) is 51.6 Å². The van der Waals surface area contributed by atoms with Gasteiger partial charge in [0.1, 0.15) is 6.04 Å². The topological polar surface area (TPSA) is 104 Å². The largest absolute Gasteiger partial charge is 0.481 e. The molecule has 1 aliphatic heterocycles. The number of nitrogens with one attached hydrogen (secondary N) is 1. The lowest BCUT2D eigenvalue weighted by molar-refractivity contribution is -0.140. The Morgan fingerprint density at radius 3 is 2.48 bits per heavy atom. The molecule has 122 valence electrons. The number of rotatable bonds is 7. The van der Waals surface area contributed by atoms with Gasteiger partial charge in [-0.25, -0.2) is 13.1 Å². The second-order valence-corrected chi connectivity index (χ2v) is 7.78. The van der Waals surface area contributed by atoms with Gasteiger partial charge in [0, 0.05) is 12.6 Å². The van der Waals surface area contributed by atoms with E-state index in [-0.39, 0.29) is 24.3 Å². The van der Waals surface area contributed by atoms with Crippen LogP contribution < -0.4 is 4.72 Å². The zero-order chi connectivity index (χ0) is 16.2. The summed E-state index contributed by atoms with van der Waals surface area (Å²) in [4.78, 5) is 24.9. The molecule has 2 N–H and O–H groups in total. The quantitative estimate of drug-likeness (QED) is 0.707. The molecule has 2 atom stereocenters. The van der Waals surface area contributed by atoms with Crippen LogP contribution >= 0.6 is 0 Å². The van der Waals surface area contributed by atoms with Crippen molar-refractivity contribution in [3.8, 4) is 0 Å². The van der Waals surface area contributed by atoms with Crippen molar-refractivity contribution in [1.29, 1.82) is 0 Å². The minimum Gasteiger partial charge on any atom is -0.481 e. The SMILES string of the molecule is CC(C)CC(NS(C)(=O)=O)C(=O)N1CCCC1CC(=O)O. The van der Waals surface area contributed by atoms with Gasteiger partial charge < -0.3 is 10.0 Å². The van der Waals surface area contributed by atoms with Crippen molar-refractivity contribution < 1.29 is 23.1 Å². The number of carboxylic acids is 1. The van der Waals surface area contributed by atoms with Crippen LogP contribution in [0.1, 0.15) is 39.5 Å². The molecular weight excluding hydrogens is 296 g/mol. The molecule has 1 fully saturated rings. The van der Waals surface area contributed by atoms with E-state index in [4.69, 9.17) is 5.11 Å². The minimum absolute atomic E-state index is 0.0982. The number of carboxylic acid groups (broad SMARTS) is 1. The van der Waals surface area contributed by atoms with Crippen molar-refractivity contribution >= 4 is 21.9 Å². The fourth-order valence-electron chi connectivity index (χ4n) is 2.67. The van der Waals surface area contributed by atoms with E-state index in [2.05, 4.69) is 4.72 Å². The molecule has 7 nitrogen and oxygen atoms in total. The average Bonchev–Trinajstić information content (AvgIpc) is 2.71. The highest BCUT2D eigenvalue weighted by atomic mass is 32.2. The van der Waals surface area contributed by atoms with Crippen molar-refractivity contribution in [3.05, 3.63) is 0 Å². The number of sulfonamides is 1. The molecule has 0 aromatic carbocycles.